The standard InChI is InChI=1S/C21H14F2N8O/c1-11-24-9-14(22)18(26-11)13-8-25-29-19(13)21(32)27-16-7-17-28-20(12-5-3-2-4-6-12)30-31(17)10-15(16)23/h2-10H,1H3,(H,25,29)(H,27,32). The van der Waals surface area contributed by atoms with E-state index in [1.807, 2.05) is 30.3 Å². The molecule has 32 heavy (non-hydrogen) atoms. The van der Waals surface area contributed by atoms with Gasteiger partial charge in [-0.2, -0.15) is 5.10 Å². The van der Waals surface area contributed by atoms with E-state index in [1.165, 1.54) is 16.8 Å². The number of aromatic amines is 1. The number of fused-ring (bicyclic) bond motifs is 1. The molecule has 0 aliphatic carbocycles. The van der Waals surface area contributed by atoms with Crippen LogP contribution in [0, 0.1) is 18.6 Å². The van der Waals surface area contributed by atoms with Crippen molar-refractivity contribution in [1.29, 1.82) is 0 Å². The quantitative estimate of drug-likeness (QED) is 0.450. The number of carbonyl (C=O) groups excluding carboxylic acids is 1. The number of hydrogen-bond donors (Lipinski definition) is 2. The van der Waals surface area contributed by atoms with Crippen molar-refractivity contribution in [2.75, 3.05) is 5.32 Å². The summed E-state index contributed by atoms with van der Waals surface area (Å²) in [7, 11) is 0. The smallest absolute Gasteiger partial charge is 0.274 e. The molecule has 5 rings (SSSR count). The van der Waals surface area contributed by atoms with Crippen LogP contribution in [0.25, 0.3) is 28.3 Å². The molecule has 4 aromatic heterocycles. The van der Waals surface area contributed by atoms with Gasteiger partial charge in [0.2, 0.25) is 0 Å². The predicted molar refractivity (Wildman–Crippen MR) is 111 cm³/mol. The molecule has 2 N–H and O–H groups in total. The van der Waals surface area contributed by atoms with Gasteiger partial charge in [-0.3, -0.25) is 9.89 Å². The summed E-state index contributed by atoms with van der Waals surface area (Å²) in [6, 6.07) is 10.6. The summed E-state index contributed by atoms with van der Waals surface area (Å²) in [5.41, 5.74) is 0.953. The fourth-order valence-electron chi connectivity index (χ4n) is 3.18. The number of hydrogen-bond acceptors (Lipinski definition) is 6. The van der Waals surface area contributed by atoms with Gasteiger partial charge in [-0.05, 0) is 6.92 Å². The topological polar surface area (TPSA) is 114 Å². The monoisotopic (exact) mass is 432 g/mol. The van der Waals surface area contributed by atoms with Crippen LogP contribution in [-0.2, 0) is 0 Å². The molecule has 158 valence electrons. The Labute approximate surface area is 179 Å². The number of aryl methyl sites for hydroxylation is 1. The van der Waals surface area contributed by atoms with Gasteiger partial charge in [-0.1, -0.05) is 30.3 Å². The van der Waals surface area contributed by atoms with Crippen LogP contribution in [0.5, 0.6) is 0 Å². The van der Waals surface area contributed by atoms with E-state index in [9.17, 15) is 13.6 Å². The SMILES string of the molecule is Cc1ncc(F)c(-c2cn[nH]c2C(=O)Nc2cc3nc(-c4ccccc4)nn3cc2F)n1. The first kappa shape index (κ1) is 19.4. The van der Waals surface area contributed by atoms with E-state index in [2.05, 4.69) is 35.6 Å². The second-order valence-corrected chi connectivity index (χ2v) is 6.87. The Morgan fingerprint density at radius 2 is 1.91 bits per heavy atom. The van der Waals surface area contributed by atoms with Crippen molar-refractivity contribution < 1.29 is 13.6 Å². The Morgan fingerprint density at radius 3 is 2.72 bits per heavy atom. The van der Waals surface area contributed by atoms with Crippen molar-refractivity contribution in [2.45, 2.75) is 6.92 Å². The molecular formula is C21H14F2N8O. The molecule has 0 spiro atoms. The van der Waals surface area contributed by atoms with Crippen LogP contribution in [0.2, 0.25) is 0 Å². The number of benzene rings is 1. The molecule has 4 heterocycles. The van der Waals surface area contributed by atoms with Gasteiger partial charge in [0.1, 0.15) is 17.2 Å². The highest BCUT2D eigenvalue weighted by atomic mass is 19.1. The largest absolute Gasteiger partial charge is 0.318 e. The van der Waals surface area contributed by atoms with Crippen LogP contribution in [0.3, 0.4) is 0 Å². The Morgan fingerprint density at radius 1 is 1.09 bits per heavy atom. The molecule has 0 unspecified atom stereocenters. The first-order valence-electron chi connectivity index (χ1n) is 9.45. The fourth-order valence-corrected chi connectivity index (χ4v) is 3.18. The number of carbonyl (C=O) groups is 1. The predicted octanol–water partition coefficient (Wildman–Crippen LogP) is 3.42. The van der Waals surface area contributed by atoms with E-state index in [-0.39, 0.29) is 22.6 Å². The maximum Gasteiger partial charge on any atom is 0.274 e. The molecular weight excluding hydrogens is 418 g/mol. The zero-order valence-corrected chi connectivity index (χ0v) is 16.5. The number of halogens is 2. The Kier molecular flexibility index (Phi) is 4.62. The van der Waals surface area contributed by atoms with Gasteiger partial charge >= 0.3 is 0 Å². The summed E-state index contributed by atoms with van der Waals surface area (Å²) in [6.07, 6.45) is 3.39. The van der Waals surface area contributed by atoms with Crippen molar-refractivity contribution in [3.8, 4) is 22.6 Å². The van der Waals surface area contributed by atoms with Crippen LogP contribution in [0.1, 0.15) is 16.3 Å². The second kappa shape index (κ2) is 7.61. The molecule has 0 aliphatic heterocycles. The number of pyridine rings is 1. The molecule has 0 atom stereocenters. The van der Waals surface area contributed by atoms with Gasteiger partial charge in [-0.15, -0.1) is 5.10 Å². The lowest BCUT2D eigenvalue weighted by Gasteiger charge is -2.07. The number of H-pyrrole nitrogens is 1. The van der Waals surface area contributed by atoms with Gasteiger partial charge in [0.05, 0.1) is 29.8 Å². The van der Waals surface area contributed by atoms with Gasteiger partial charge in [-0.25, -0.2) is 28.2 Å². The minimum atomic E-state index is -0.723. The third kappa shape index (κ3) is 3.45. The molecule has 0 aliphatic rings. The van der Waals surface area contributed by atoms with Gasteiger partial charge in [0.15, 0.2) is 23.1 Å². The molecule has 11 heteroatoms. The zero-order chi connectivity index (χ0) is 22.2. The summed E-state index contributed by atoms with van der Waals surface area (Å²) in [5.74, 6) is -1.42. The highest BCUT2D eigenvalue weighted by Gasteiger charge is 2.21. The van der Waals surface area contributed by atoms with Crippen LogP contribution < -0.4 is 5.32 Å². The highest BCUT2D eigenvalue weighted by molar-refractivity contribution is 6.07. The van der Waals surface area contributed by atoms with Crippen molar-refractivity contribution in [2.24, 2.45) is 0 Å². The zero-order valence-electron chi connectivity index (χ0n) is 16.5. The summed E-state index contributed by atoms with van der Waals surface area (Å²) in [5, 5.41) is 13.0. The molecule has 0 radical (unpaired) electrons. The molecule has 0 fully saturated rings. The lowest BCUT2D eigenvalue weighted by atomic mass is 10.1. The summed E-state index contributed by atoms with van der Waals surface area (Å²) in [6.45, 7) is 1.59. The van der Waals surface area contributed by atoms with Crippen molar-refractivity contribution in [3.63, 3.8) is 0 Å². The minimum Gasteiger partial charge on any atom is -0.318 e. The van der Waals surface area contributed by atoms with E-state index in [1.54, 1.807) is 6.92 Å². The van der Waals surface area contributed by atoms with E-state index in [0.717, 1.165) is 18.0 Å². The number of amides is 1. The second-order valence-electron chi connectivity index (χ2n) is 6.87. The van der Waals surface area contributed by atoms with Gasteiger partial charge < -0.3 is 5.32 Å². The maximum absolute atomic E-state index is 14.7. The van der Waals surface area contributed by atoms with Crippen molar-refractivity contribution in [3.05, 3.63) is 78.1 Å². The van der Waals surface area contributed by atoms with E-state index < -0.39 is 17.5 Å². The number of nitrogens with one attached hydrogen (secondary N) is 2. The fraction of sp³-hybridized carbons (Fsp3) is 0.0476. The summed E-state index contributed by atoms with van der Waals surface area (Å²) >= 11 is 0. The van der Waals surface area contributed by atoms with Crippen LogP contribution in [-0.4, -0.2) is 40.7 Å². The highest BCUT2D eigenvalue weighted by Crippen LogP contribution is 2.25. The minimum absolute atomic E-state index is 0.0762. The first-order chi connectivity index (χ1) is 15.5. The summed E-state index contributed by atoms with van der Waals surface area (Å²) in [4.78, 5) is 25.0. The molecule has 5 aromatic rings. The van der Waals surface area contributed by atoms with Crippen LogP contribution in [0.4, 0.5) is 14.5 Å². The Bertz CT molecular complexity index is 1460. The van der Waals surface area contributed by atoms with Gasteiger partial charge in [0.25, 0.3) is 5.91 Å². The third-order valence-corrected chi connectivity index (χ3v) is 4.69. The van der Waals surface area contributed by atoms with Gasteiger partial charge in [0, 0.05) is 11.6 Å². The van der Waals surface area contributed by atoms with Crippen LogP contribution in [0.15, 0.2) is 55.0 Å². The molecule has 1 amide bonds. The number of rotatable bonds is 4. The van der Waals surface area contributed by atoms with Crippen molar-refractivity contribution >= 4 is 17.2 Å². The third-order valence-electron chi connectivity index (χ3n) is 4.69. The molecule has 9 nitrogen and oxygen atoms in total. The van der Waals surface area contributed by atoms with E-state index in [4.69, 9.17) is 0 Å². The molecule has 1 aromatic carbocycles. The average Bonchev–Trinajstić information content (AvgIpc) is 3.43. The normalized spacial score (nSPS) is 11.1. The van der Waals surface area contributed by atoms with Crippen LogP contribution >= 0.6 is 0 Å². The average molecular weight is 432 g/mol. The van der Waals surface area contributed by atoms with Crippen molar-refractivity contribution in [1.82, 2.24) is 34.8 Å². The molecule has 0 bridgehead atoms. The number of nitrogens with zero attached hydrogens (tertiary/aromatic N) is 6. The molecule has 0 saturated heterocycles. The first-order valence-corrected chi connectivity index (χ1v) is 9.45. The van der Waals surface area contributed by atoms with E-state index >= 15 is 0 Å². The summed E-state index contributed by atoms with van der Waals surface area (Å²) < 4.78 is 30.2. The van der Waals surface area contributed by atoms with E-state index in [0.29, 0.717) is 17.3 Å². The lowest BCUT2D eigenvalue weighted by Crippen LogP contribution is -2.15. The molecule has 0 saturated carbocycles. The number of aromatic nitrogens is 7. The Balaban J connectivity index is 1.48. The maximum atomic E-state index is 14.7. The lowest BCUT2D eigenvalue weighted by molar-refractivity contribution is 0.102. The number of anilines is 1. The Hall–Kier alpha value is -4.54.